The molecule has 2 aliphatic heterocycles. The van der Waals surface area contributed by atoms with Crippen LogP contribution in [0.25, 0.3) is 0 Å². The first-order valence-corrected chi connectivity index (χ1v) is 11.8. The predicted octanol–water partition coefficient (Wildman–Crippen LogP) is 2.38. The van der Waals surface area contributed by atoms with Crippen LogP contribution in [0, 0.1) is 12.7 Å². The molecule has 2 aromatic rings. The van der Waals surface area contributed by atoms with Crippen molar-refractivity contribution < 1.29 is 17.5 Å². The predicted molar refractivity (Wildman–Crippen MR) is 114 cm³/mol. The number of rotatable bonds is 5. The van der Waals surface area contributed by atoms with E-state index in [0.29, 0.717) is 41.8 Å². The van der Waals surface area contributed by atoms with Crippen molar-refractivity contribution in [2.45, 2.75) is 37.3 Å². The molecule has 0 spiro atoms. The average Bonchev–Trinajstić information content (AvgIpc) is 2.69. The standard InChI is InChI=1S/C22H28FN3O3S/c1-15-3-4-17(12-20(15)23)21(14-26-10-9-24-16(2)13-26)29-19-5-6-22-18(11-19)7-8-25-30(22,27)28/h3-6,11-12,16,21,24-25H,7-10,13-14H2,1-2H3/t16-,21?/m1/s1. The molecule has 1 unspecified atom stereocenters. The number of nitrogens with one attached hydrogen (secondary N) is 2. The van der Waals surface area contributed by atoms with Crippen LogP contribution < -0.4 is 14.8 Å². The Labute approximate surface area is 177 Å². The fourth-order valence-corrected chi connectivity index (χ4v) is 5.36. The highest BCUT2D eigenvalue weighted by molar-refractivity contribution is 7.89. The van der Waals surface area contributed by atoms with Gasteiger partial charge in [0, 0.05) is 38.8 Å². The van der Waals surface area contributed by atoms with Crippen molar-refractivity contribution in [2.75, 3.05) is 32.7 Å². The monoisotopic (exact) mass is 433 g/mol. The molecular formula is C22H28FN3O3S. The molecule has 2 N–H and O–H groups in total. The topological polar surface area (TPSA) is 70.7 Å². The summed E-state index contributed by atoms with van der Waals surface area (Å²) in [6.07, 6.45) is 0.257. The molecule has 0 aromatic heterocycles. The minimum Gasteiger partial charge on any atom is -0.484 e. The van der Waals surface area contributed by atoms with E-state index < -0.39 is 10.0 Å². The molecule has 162 valence electrons. The van der Waals surface area contributed by atoms with Gasteiger partial charge in [0.1, 0.15) is 17.7 Å². The summed E-state index contributed by atoms with van der Waals surface area (Å²) < 4.78 is 47.5. The summed E-state index contributed by atoms with van der Waals surface area (Å²) in [7, 11) is -3.45. The Morgan fingerprint density at radius 1 is 1.23 bits per heavy atom. The number of hydrogen-bond donors (Lipinski definition) is 2. The van der Waals surface area contributed by atoms with Gasteiger partial charge in [-0.05, 0) is 61.2 Å². The van der Waals surface area contributed by atoms with Crippen LogP contribution in [-0.2, 0) is 16.4 Å². The third-order valence-electron chi connectivity index (χ3n) is 5.73. The molecule has 0 saturated carbocycles. The minimum absolute atomic E-state index is 0.252. The molecule has 0 radical (unpaired) electrons. The Kier molecular flexibility index (Phi) is 6.11. The highest BCUT2D eigenvalue weighted by Gasteiger charge is 2.26. The maximum absolute atomic E-state index is 14.3. The average molecular weight is 434 g/mol. The van der Waals surface area contributed by atoms with E-state index in [-0.39, 0.29) is 11.9 Å². The lowest BCUT2D eigenvalue weighted by atomic mass is 10.0. The summed E-state index contributed by atoms with van der Waals surface area (Å²) in [5, 5.41) is 3.43. The molecular weight excluding hydrogens is 405 g/mol. The van der Waals surface area contributed by atoms with Crippen molar-refractivity contribution in [1.82, 2.24) is 14.9 Å². The van der Waals surface area contributed by atoms with Gasteiger partial charge in [-0.1, -0.05) is 12.1 Å². The van der Waals surface area contributed by atoms with Crippen molar-refractivity contribution in [3.63, 3.8) is 0 Å². The number of hydrogen-bond acceptors (Lipinski definition) is 5. The molecule has 4 rings (SSSR count). The molecule has 2 aliphatic rings. The van der Waals surface area contributed by atoms with Gasteiger partial charge in [0.25, 0.3) is 0 Å². The fourth-order valence-electron chi connectivity index (χ4n) is 4.08. The van der Waals surface area contributed by atoms with Crippen molar-refractivity contribution in [3.05, 3.63) is 58.9 Å². The number of halogens is 1. The molecule has 2 atom stereocenters. The van der Waals surface area contributed by atoms with Gasteiger partial charge in [-0.15, -0.1) is 0 Å². The second-order valence-electron chi connectivity index (χ2n) is 8.15. The first-order chi connectivity index (χ1) is 14.3. The quantitative estimate of drug-likeness (QED) is 0.758. The Morgan fingerprint density at radius 2 is 2.07 bits per heavy atom. The van der Waals surface area contributed by atoms with Crippen molar-refractivity contribution >= 4 is 10.0 Å². The van der Waals surface area contributed by atoms with Crippen LogP contribution >= 0.6 is 0 Å². The molecule has 0 bridgehead atoms. The number of benzene rings is 2. The summed E-state index contributed by atoms with van der Waals surface area (Å²) >= 11 is 0. The SMILES string of the molecule is Cc1ccc(C(CN2CCN[C@H](C)C2)Oc2ccc3c(c2)CCNS3(=O)=O)cc1F. The van der Waals surface area contributed by atoms with Crippen LogP contribution in [0.4, 0.5) is 4.39 Å². The van der Waals surface area contributed by atoms with E-state index in [1.54, 1.807) is 37.3 Å². The maximum Gasteiger partial charge on any atom is 0.240 e. The lowest BCUT2D eigenvalue weighted by molar-refractivity contribution is 0.112. The van der Waals surface area contributed by atoms with Gasteiger partial charge < -0.3 is 10.1 Å². The van der Waals surface area contributed by atoms with Gasteiger partial charge >= 0.3 is 0 Å². The highest BCUT2D eigenvalue weighted by atomic mass is 32.2. The van der Waals surface area contributed by atoms with Gasteiger partial charge in [-0.3, -0.25) is 4.90 Å². The highest BCUT2D eigenvalue weighted by Crippen LogP contribution is 2.29. The summed E-state index contributed by atoms with van der Waals surface area (Å²) in [4.78, 5) is 2.62. The van der Waals surface area contributed by atoms with Crippen molar-refractivity contribution in [2.24, 2.45) is 0 Å². The second-order valence-corrected chi connectivity index (χ2v) is 9.88. The van der Waals surface area contributed by atoms with Gasteiger partial charge in [0.15, 0.2) is 0 Å². The Bertz CT molecular complexity index is 1030. The van der Waals surface area contributed by atoms with Gasteiger partial charge in [-0.25, -0.2) is 17.5 Å². The number of fused-ring (bicyclic) bond motifs is 1. The molecule has 1 fully saturated rings. The summed E-state index contributed by atoms with van der Waals surface area (Å²) in [5.74, 6) is 0.345. The molecule has 6 nitrogen and oxygen atoms in total. The number of aryl methyl sites for hydroxylation is 1. The Hall–Kier alpha value is -2.00. The van der Waals surface area contributed by atoms with Crippen molar-refractivity contribution in [3.8, 4) is 5.75 Å². The third-order valence-corrected chi connectivity index (χ3v) is 7.29. The summed E-state index contributed by atoms with van der Waals surface area (Å²) in [5.41, 5.74) is 2.12. The van der Waals surface area contributed by atoms with Gasteiger partial charge in [0.05, 0.1) is 4.90 Å². The van der Waals surface area contributed by atoms with Crippen LogP contribution in [0.2, 0.25) is 0 Å². The molecule has 30 heavy (non-hydrogen) atoms. The molecule has 1 saturated heterocycles. The van der Waals surface area contributed by atoms with Crippen LogP contribution in [0.1, 0.15) is 29.7 Å². The lowest BCUT2D eigenvalue weighted by Crippen LogP contribution is -2.50. The molecule has 8 heteroatoms. The first kappa shape index (κ1) is 21.2. The van der Waals surface area contributed by atoms with E-state index >= 15 is 0 Å². The number of nitrogens with zero attached hydrogens (tertiary/aromatic N) is 1. The van der Waals surface area contributed by atoms with E-state index in [9.17, 15) is 12.8 Å². The molecule has 0 aliphatic carbocycles. The zero-order valence-electron chi connectivity index (χ0n) is 17.3. The number of ether oxygens (including phenoxy) is 1. The Balaban J connectivity index is 1.61. The molecule has 2 heterocycles. The van der Waals surface area contributed by atoms with Crippen molar-refractivity contribution in [1.29, 1.82) is 0 Å². The van der Waals surface area contributed by atoms with Crippen LogP contribution in [-0.4, -0.2) is 52.1 Å². The van der Waals surface area contributed by atoms with Crippen LogP contribution in [0.15, 0.2) is 41.3 Å². The zero-order chi connectivity index (χ0) is 21.3. The van der Waals surface area contributed by atoms with E-state index in [4.69, 9.17) is 4.74 Å². The van der Waals surface area contributed by atoms with E-state index in [1.165, 1.54) is 0 Å². The fraction of sp³-hybridized carbons (Fsp3) is 0.455. The summed E-state index contributed by atoms with van der Waals surface area (Å²) in [6.45, 7) is 7.58. The molecule has 0 amide bonds. The maximum atomic E-state index is 14.3. The Morgan fingerprint density at radius 3 is 2.83 bits per heavy atom. The second kappa shape index (κ2) is 8.63. The zero-order valence-corrected chi connectivity index (χ0v) is 18.1. The van der Waals surface area contributed by atoms with Crippen LogP contribution in [0.3, 0.4) is 0 Å². The molecule has 2 aromatic carbocycles. The van der Waals surface area contributed by atoms with Gasteiger partial charge in [0.2, 0.25) is 10.0 Å². The largest absolute Gasteiger partial charge is 0.484 e. The van der Waals surface area contributed by atoms with Gasteiger partial charge in [-0.2, -0.15) is 0 Å². The smallest absolute Gasteiger partial charge is 0.240 e. The minimum atomic E-state index is -3.45. The summed E-state index contributed by atoms with van der Waals surface area (Å²) in [6, 6.07) is 10.7. The normalized spacial score (nSPS) is 22.3. The number of piperazine rings is 1. The number of sulfonamides is 1. The van der Waals surface area contributed by atoms with E-state index in [1.807, 2.05) is 6.07 Å². The lowest BCUT2D eigenvalue weighted by Gasteiger charge is -2.34. The van der Waals surface area contributed by atoms with E-state index in [2.05, 4.69) is 21.9 Å². The third kappa shape index (κ3) is 4.67. The van der Waals surface area contributed by atoms with E-state index in [0.717, 1.165) is 30.8 Å². The first-order valence-electron chi connectivity index (χ1n) is 10.3. The van der Waals surface area contributed by atoms with Crippen LogP contribution in [0.5, 0.6) is 5.75 Å².